The molecule has 0 N–H and O–H groups in total. The van der Waals surface area contributed by atoms with Gasteiger partial charge in [-0.1, -0.05) is 43.3 Å². The van der Waals surface area contributed by atoms with E-state index in [-0.39, 0.29) is 30.0 Å². The second-order valence-corrected chi connectivity index (χ2v) is 13.0. The summed E-state index contributed by atoms with van der Waals surface area (Å²) in [5, 5.41) is 3.98. The topological polar surface area (TPSA) is 128 Å². The Labute approximate surface area is 251 Å². The predicted octanol–water partition coefficient (Wildman–Crippen LogP) is 5.19. The van der Waals surface area contributed by atoms with E-state index in [1.165, 1.54) is 6.26 Å². The van der Waals surface area contributed by atoms with E-state index in [0.717, 1.165) is 21.9 Å². The van der Waals surface area contributed by atoms with Gasteiger partial charge in [-0.2, -0.15) is 0 Å². The average Bonchev–Trinajstić information content (AvgIpc) is 3.71. The molecule has 3 heterocycles. The zero-order valence-corrected chi connectivity index (χ0v) is 25.8. The molecule has 0 saturated carbocycles. The fraction of sp³-hybridized carbons (Fsp3) is 0.387. The van der Waals surface area contributed by atoms with Crippen molar-refractivity contribution in [3.05, 3.63) is 71.7 Å². The third-order valence-corrected chi connectivity index (χ3v) is 9.53. The summed E-state index contributed by atoms with van der Waals surface area (Å²) >= 11 is 0. The zero-order valence-electron chi connectivity index (χ0n) is 25.0. The molecule has 0 radical (unpaired) electrons. The van der Waals surface area contributed by atoms with Crippen LogP contribution in [0.4, 0.5) is 5.88 Å². The number of aryl methyl sites for hydroxylation is 1. The molecule has 12 heteroatoms. The van der Waals surface area contributed by atoms with E-state index < -0.39 is 15.4 Å². The van der Waals surface area contributed by atoms with E-state index in [1.807, 2.05) is 36.9 Å². The lowest BCUT2D eigenvalue weighted by Crippen LogP contribution is -2.34. The van der Waals surface area contributed by atoms with Crippen LogP contribution in [0.15, 0.2) is 68.8 Å². The Bertz CT molecular complexity index is 1700. The van der Waals surface area contributed by atoms with Crippen LogP contribution in [-0.2, 0) is 30.8 Å². The second-order valence-electron chi connectivity index (χ2n) is 11.1. The molecule has 1 saturated heterocycles. The highest BCUT2D eigenvalue weighted by Gasteiger charge is 2.39. The van der Waals surface area contributed by atoms with Gasteiger partial charge in [0.2, 0.25) is 17.7 Å². The lowest BCUT2D eigenvalue weighted by atomic mass is 9.92. The van der Waals surface area contributed by atoms with Crippen molar-refractivity contribution in [3.63, 3.8) is 0 Å². The molecule has 0 aliphatic carbocycles. The fourth-order valence-electron chi connectivity index (χ4n) is 5.09. The third kappa shape index (κ3) is 6.08. The summed E-state index contributed by atoms with van der Waals surface area (Å²) in [6.07, 6.45) is 3.79. The van der Waals surface area contributed by atoms with Crippen molar-refractivity contribution >= 4 is 21.8 Å². The van der Waals surface area contributed by atoms with Gasteiger partial charge in [-0.25, -0.2) is 17.7 Å². The van der Waals surface area contributed by atoms with Crippen LogP contribution in [0.5, 0.6) is 0 Å². The first-order chi connectivity index (χ1) is 20.5. The molecule has 43 heavy (non-hydrogen) atoms. The molecule has 1 amide bonds. The van der Waals surface area contributed by atoms with Crippen molar-refractivity contribution in [2.24, 2.45) is 5.41 Å². The number of carbonyl (C=O) groups excluding carboxylic acids is 1. The Morgan fingerprint density at radius 2 is 1.88 bits per heavy atom. The molecule has 4 aromatic rings. The molecule has 0 bridgehead atoms. The van der Waals surface area contributed by atoms with E-state index in [9.17, 15) is 13.2 Å². The standard InChI is InChI=1S/C31H36N4O7S/c1-21-22(2)33-42-29(21)35(20-40-17-16-39-5)43(37,38)27-9-7-6-8-26(27)25-11-10-23(28-32-13-15-41-28)18-24(25)19-34-14-12-31(3,4)30(34)36/h6-11,13,15,18H,12,14,16-17,19-20H2,1-5H3. The maximum atomic E-state index is 14.4. The first kappa shape index (κ1) is 30.5. The number of hydrogen-bond acceptors (Lipinski definition) is 9. The number of oxazole rings is 1. The Balaban J connectivity index is 1.61. The van der Waals surface area contributed by atoms with Gasteiger partial charge in [-0.05, 0) is 49.6 Å². The minimum Gasteiger partial charge on any atom is -0.445 e. The maximum Gasteiger partial charge on any atom is 0.269 e. The number of methoxy groups -OCH3 is 1. The number of hydrogen-bond donors (Lipinski definition) is 0. The molecule has 0 atom stereocenters. The van der Waals surface area contributed by atoms with Crippen molar-refractivity contribution in [2.75, 3.05) is 37.9 Å². The summed E-state index contributed by atoms with van der Waals surface area (Å²) in [6, 6.07) is 12.4. The van der Waals surface area contributed by atoms with Crippen molar-refractivity contribution in [1.29, 1.82) is 0 Å². The number of aromatic nitrogens is 2. The number of benzene rings is 2. The van der Waals surface area contributed by atoms with Crippen LogP contribution in [0.25, 0.3) is 22.6 Å². The molecule has 5 rings (SSSR count). The van der Waals surface area contributed by atoms with Gasteiger partial charge in [-0.3, -0.25) is 4.79 Å². The molecular weight excluding hydrogens is 572 g/mol. The Kier molecular flexibility index (Phi) is 8.72. The zero-order chi connectivity index (χ0) is 30.8. The van der Waals surface area contributed by atoms with E-state index in [1.54, 1.807) is 51.4 Å². The minimum absolute atomic E-state index is 0.0523. The van der Waals surface area contributed by atoms with Crippen LogP contribution in [0, 0.1) is 19.3 Å². The van der Waals surface area contributed by atoms with Gasteiger partial charge in [0.15, 0.2) is 0 Å². The van der Waals surface area contributed by atoms with E-state index in [2.05, 4.69) is 10.1 Å². The number of carbonyl (C=O) groups is 1. The van der Waals surface area contributed by atoms with Gasteiger partial charge in [0.1, 0.15) is 13.0 Å². The van der Waals surface area contributed by atoms with Gasteiger partial charge in [-0.15, -0.1) is 0 Å². The highest BCUT2D eigenvalue weighted by atomic mass is 32.2. The predicted molar refractivity (Wildman–Crippen MR) is 160 cm³/mol. The van der Waals surface area contributed by atoms with Gasteiger partial charge in [0.05, 0.1) is 30.0 Å². The molecule has 228 valence electrons. The highest BCUT2D eigenvalue weighted by molar-refractivity contribution is 7.93. The van der Waals surface area contributed by atoms with E-state index in [4.69, 9.17) is 18.4 Å². The van der Waals surface area contributed by atoms with Crippen molar-refractivity contribution in [2.45, 2.75) is 45.6 Å². The van der Waals surface area contributed by atoms with Crippen LogP contribution < -0.4 is 4.31 Å². The average molecular weight is 609 g/mol. The maximum absolute atomic E-state index is 14.4. The quantitative estimate of drug-likeness (QED) is 0.158. The fourth-order valence-corrected chi connectivity index (χ4v) is 6.64. The van der Waals surface area contributed by atoms with Crippen LogP contribution in [0.1, 0.15) is 37.1 Å². The Hall–Kier alpha value is -4.00. The Morgan fingerprint density at radius 3 is 2.53 bits per heavy atom. The third-order valence-electron chi connectivity index (χ3n) is 7.76. The monoisotopic (exact) mass is 608 g/mol. The number of amides is 1. The van der Waals surface area contributed by atoms with Crippen molar-refractivity contribution in [3.8, 4) is 22.6 Å². The van der Waals surface area contributed by atoms with Crippen LogP contribution in [-0.4, -0.2) is 63.0 Å². The molecule has 1 fully saturated rings. The summed E-state index contributed by atoms with van der Waals surface area (Å²) in [6.45, 7) is 8.46. The number of sulfonamides is 1. The first-order valence-corrected chi connectivity index (χ1v) is 15.4. The number of ether oxygens (including phenoxy) is 2. The minimum atomic E-state index is -4.23. The second kappa shape index (κ2) is 12.3. The van der Waals surface area contributed by atoms with Crippen LogP contribution >= 0.6 is 0 Å². The summed E-state index contributed by atoms with van der Waals surface area (Å²) in [4.78, 5) is 19.3. The number of rotatable bonds is 12. The van der Waals surface area contributed by atoms with E-state index in [0.29, 0.717) is 48.0 Å². The molecule has 2 aromatic carbocycles. The summed E-state index contributed by atoms with van der Waals surface area (Å²) < 4.78 is 51.7. The van der Waals surface area contributed by atoms with Crippen molar-refractivity contribution in [1.82, 2.24) is 15.0 Å². The molecule has 0 spiro atoms. The SMILES string of the molecule is COCCOCN(c1onc(C)c1C)S(=O)(=O)c1ccccc1-c1ccc(-c2ncco2)cc1CN1CCC(C)(C)C1=O. The normalized spacial score (nSPS) is 14.9. The molecule has 2 aromatic heterocycles. The lowest BCUT2D eigenvalue weighted by Gasteiger charge is -2.25. The van der Waals surface area contributed by atoms with Crippen LogP contribution in [0.2, 0.25) is 0 Å². The number of nitrogens with zero attached hydrogens (tertiary/aromatic N) is 4. The van der Waals surface area contributed by atoms with E-state index >= 15 is 0 Å². The summed E-state index contributed by atoms with van der Waals surface area (Å²) in [7, 11) is -2.69. The van der Waals surface area contributed by atoms with Gasteiger partial charge in [0, 0.05) is 42.3 Å². The summed E-state index contributed by atoms with van der Waals surface area (Å²) in [5.74, 6) is 0.558. The highest BCUT2D eigenvalue weighted by Crippen LogP contribution is 2.38. The van der Waals surface area contributed by atoms with Crippen molar-refractivity contribution < 1.29 is 31.6 Å². The lowest BCUT2D eigenvalue weighted by molar-refractivity contribution is -0.135. The number of likely N-dealkylation sites (tertiary alicyclic amines) is 1. The Morgan fingerprint density at radius 1 is 1.09 bits per heavy atom. The van der Waals surface area contributed by atoms with Gasteiger partial charge in [0.25, 0.3) is 10.0 Å². The summed E-state index contributed by atoms with van der Waals surface area (Å²) in [5.41, 5.74) is 3.31. The molecular formula is C31H36N4O7S. The van der Waals surface area contributed by atoms with Gasteiger partial charge >= 0.3 is 0 Å². The molecule has 0 unspecified atom stereocenters. The molecule has 1 aliphatic heterocycles. The van der Waals surface area contributed by atoms with Crippen LogP contribution in [0.3, 0.4) is 0 Å². The number of anilines is 1. The smallest absolute Gasteiger partial charge is 0.269 e. The largest absolute Gasteiger partial charge is 0.445 e. The molecule has 11 nitrogen and oxygen atoms in total. The first-order valence-electron chi connectivity index (χ1n) is 14.0. The molecule has 1 aliphatic rings. The van der Waals surface area contributed by atoms with Gasteiger partial charge < -0.3 is 23.3 Å².